The Labute approximate surface area is 80.0 Å². The van der Waals surface area contributed by atoms with Gasteiger partial charge in [0.15, 0.2) is 12.1 Å². The average Bonchev–Trinajstić information content (AvgIpc) is 2.21. The molecule has 5 nitrogen and oxygen atoms in total. The van der Waals surface area contributed by atoms with Crippen LogP contribution < -0.4 is 0 Å². The van der Waals surface area contributed by atoms with Crippen LogP contribution in [0, 0.1) is 0 Å². The lowest BCUT2D eigenvalue weighted by Crippen LogP contribution is -2.02. The second-order valence-corrected chi connectivity index (χ2v) is 2.62. The summed E-state index contributed by atoms with van der Waals surface area (Å²) in [7, 11) is 0. The van der Waals surface area contributed by atoms with E-state index in [2.05, 4.69) is 10.0 Å². The first kappa shape index (κ1) is 9.95. The van der Waals surface area contributed by atoms with Crippen molar-refractivity contribution in [3.8, 4) is 0 Å². The standard InChI is InChI=1S/C9H7N3O2/c10-12-11-8-3-1-7(2-4-8)5-9(14)6-13/h1-4,6H,5H2. The smallest absolute Gasteiger partial charge is 0.199 e. The zero-order valence-electron chi connectivity index (χ0n) is 7.25. The van der Waals surface area contributed by atoms with Gasteiger partial charge in [-0.1, -0.05) is 29.4 Å². The van der Waals surface area contributed by atoms with Crippen molar-refractivity contribution >= 4 is 17.8 Å². The molecule has 0 bridgehead atoms. The number of hydrogen-bond acceptors (Lipinski definition) is 3. The molecule has 5 heteroatoms. The van der Waals surface area contributed by atoms with Crippen LogP contribution >= 0.6 is 0 Å². The molecule has 0 aromatic heterocycles. The van der Waals surface area contributed by atoms with Crippen molar-refractivity contribution in [1.82, 2.24) is 0 Å². The minimum atomic E-state index is -0.471. The van der Waals surface area contributed by atoms with Crippen molar-refractivity contribution in [1.29, 1.82) is 0 Å². The lowest BCUT2D eigenvalue weighted by molar-refractivity contribution is -0.129. The first-order valence-corrected chi connectivity index (χ1v) is 3.88. The lowest BCUT2D eigenvalue weighted by Gasteiger charge is -1.96. The summed E-state index contributed by atoms with van der Waals surface area (Å²) >= 11 is 0. The predicted octanol–water partition coefficient (Wildman–Crippen LogP) is 1.94. The quantitative estimate of drug-likeness (QED) is 0.238. The molecule has 0 saturated carbocycles. The molecule has 0 fully saturated rings. The minimum absolute atomic E-state index is 0.0834. The SMILES string of the molecule is [N-]=[N+]=Nc1ccc(CC(=O)C=O)cc1. The molecule has 0 radical (unpaired) electrons. The molecule has 14 heavy (non-hydrogen) atoms. The van der Waals surface area contributed by atoms with Crippen molar-refractivity contribution in [2.45, 2.75) is 6.42 Å². The molecule has 0 spiro atoms. The number of azide groups is 1. The van der Waals surface area contributed by atoms with Gasteiger partial charge < -0.3 is 0 Å². The van der Waals surface area contributed by atoms with Crippen LogP contribution in [0.2, 0.25) is 0 Å². The first-order valence-electron chi connectivity index (χ1n) is 3.88. The second-order valence-electron chi connectivity index (χ2n) is 2.62. The molecule has 0 aliphatic heterocycles. The number of carbonyl (C=O) groups excluding carboxylic acids is 2. The van der Waals surface area contributed by atoms with Gasteiger partial charge in [-0.2, -0.15) is 0 Å². The predicted molar refractivity (Wildman–Crippen MR) is 50.0 cm³/mol. The van der Waals surface area contributed by atoms with Gasteiger partial charge in [0, 0.05) is 17.0 Å². The van der Waals surface area contributed by atoms with Crippen molar-refractivity contribution in [3.05, 3.63) is 40.3 Å². The van der Waals surface area contributed by atoms with Crippen LogP contribution in [0.3, 0.4) is 0 Å². The Morgan fingerprint density at radius 1 is 1.43 bits per heavy atom. The Morgan fingerprint density at radius 3 is 2.57 bits per heavy atom. The number of nitrogens with zero attached hydrogens (tertiary/aromatic N) is 3. The number of ketones is 1. The van der Waals surface area contributed by atoms with Crippen molar-refractivity contribution in [2.75, 3.05) is 0 Å². The molecule has 0 N–H and O–H groups in total. The zero-order valence-corrected chi connectivity index (χ0v) is 7.25. The van der Waals surface area contributed by atoms with Crippen LogP contribution in [0.1, 0.15) is 5.56 Å². The molecular weight excluding hydrogens is 182 g/mol. The number of aldehydes is 1. The van der Waals surface area contributed by atoms with E-state index < -0.39 is 5.78 Å². The Morgan fingerprint density at radius 2 is 2.07 bits per heavy atom. The van der Waals surface area contributed by atoms with Crippen LogP contribution in [0.25, 0.3) is 10.4 Å². The third-order valence-electron chi connectivity index (χ3n) is 1.61. The molecule has 0 aliphatic rings. The highest BCUT2D eigenvalue weighted by molar-refractivity contribution is 6.25. The third-order valence-corrected chi connectivity index (χ3v) is 1.61. The lowest BCUT2D eigenvalue weighted by atomic mass is 10.1. The number of Topliss-reactive ketones (excluding diaryl/α,β-unsaturated/α-hetero) is 1. The molecule has 1 rings (SSSR count). The summed E-state index contributed by atoms with van der Waals surface area (Å²) in [4.78, 5) is 23.4. The summed E-state index contributed by atoms with van der Waals surface area (Å²) < 4.78 is 0. The Balaban J connectivity index is 2.77. The number of benzene rings is 1. The molecule has 1 aromatic rings. The van der Waals surface area contributed by atoms with Crippen molar-refractivity contribution in [3.63, 3.8) is 0 Å². The van der Waals surface area contributed by atoms with Crippen LogP contribution in [0.5, 0.6) is 0 Å². The van der Waals surface area contributed by atoms with Crippen molar-refractivity contribution in [2.24, 2.45) is 5.11 Å². The highest BCUT2D eigenvalue weighted by Gasteiger charge is 2.00. The Hall–Kier alpha value is -2.13. The van der Waals surface area contributed by atoms with Gasteiger partial charge in [0.05, 0.1) is 0 Å². The minimum Gasteiger partial charge on any atom is -0.295 e. The van der Waals surface area contributed by atoms with Gasteiger partial charge in [-0.15, -0.1) is 0 Å². The molecule has 0 amide bonds. The fraction of sp³-hybridized carbons (Fsp3) is 0.111. The summed E-state index contributed by atoms with van der Waals surface area (Å²) in [6.45, 7) is 0. The maximum absolute atomic E-state index is 10.7. The van der Waals surface area contributed by atoms with Gasteiger partial charge in [0.25, 0.3) is 0 Å². The van der Waals surface area contributed by atoms with Crippen molar-refractivity contribution < 1.29 is 9.59 Å². The van der Waals surface area contributed by atoms with E-state index in [9.17, 15) is 9.59 Å². The van der Waals surface area contributed by atoms with Gasteiger partial charge in [0.1, 0.15) is 0 Å². The van der Waals surface area contributed by atoms with Crippen LogP contribution in [-0.2, 0) is 16.0 Å². The van der Waals surface area contributed by atoms with E-state index in [4.69, 9.17) is 5.53 Å². The molecule has 70 valence electrons. The van der Waals surface area contributed by atoms with E-state index in [1.807, 2.05) is 0 Å². The highest BCUT2D eigenvalue weighted by atomic mass is 16.2. The molecule has 0 atom stereocenters. The van der Waals surface area contributed by atoms with Gasteiger partial charge in [-0.25, -0.2) is 0 Å². The van der Waals surface area contributed by atoms with Gasteiger partial charge in [-0.3, -0.25) is 9.59 Å². The second kappa shape index (κ2) is 4.79. The summed E-state index contributed by atoms with van der Waals surface area (Å²) in [5.41, 5.74) is 9.33. The third kappa shape index (κ3) is 2.73. The van der Waals surface area contributed by atoms with Gasteiger partial charge in [-0.05, 0) is 11.1 Å². The first-order chi connectivity index (χ1) is 6.76. The maximum atomic E-state index is 10.7. The van der Waals surface area contributed by atoms with Crippen LogP contribution in [0.15, 0.2) is 29.4 Å². The summed E-state index contributed by atoms with van der Waals surface area (Å²) in [6, 6.07) is 6.47. The largest absolute Gasteiger partial charge is 0.295 e. The van der Waals surface area contributed by atoms with Gasteiger partial charge >= 0.3 is 0 Å². The fourth-order valence-corrected chi connectivity index (χ4v) is 0.975. The maximum Gasteiger partial charge on any atom is 0.199 e. The fourth-order valence-electron chi connectivity index (χ4n) is 0.975. The number of hydrogen-bond donors (Lipinski definition) is 0. The van der Waals surface area contributed by atoms with Crippen LogP contribution in [-0.4, -0.2) is 12.1 Å². The summed E-state index contributed by atoms with van der Waals surface area (Å²) in [6.07, 6.45) is 0.376. The molecule has 0 saturated heterocycles. The molecule has 0 unspecified atom stereocenters. The topological polar surface area (TPSA) is 82.9 Å². The molecular formula is C9H7N3O2. The van der Waals surface area contributed by atoms with E-state index in [1.165, 1.54) is 0 Å². The van der Waals surface area contributed by atoms with E-state index >= 15 is 0 Å². The zero-order chi connectivity index (χ0) is 10.4. The Kier molecular flexibility index (Phi) is 3.41. The van der Waals surface area contributed by atoms with Crippen LogP contribution in [0.4, 0.5) is 5.69 Å². The summed E-state index contributed by atoms with van der Waals surface area (Å²) in [5, 5.41) is 3.37. The summed E-state index contributed by atoms with van der Waals surface area (Å²) in [5.74, 6) is -0.471. The highest BCUT2D eigenvalue weighted by Crippen LogP contribution is 2.13. The van der Waals surface area contributed by atoms with Gasteiger partial charge in [0.2, 0.25) is 0 Å². The Bertz CT molecular complexity index is 391. The number of carbonyl (C=O) groups is 2. The van der Waals surface area contributed by atoms with E-state index in [0.717, 1.165) is 5.56 Å². The number of rotatable bonds is 4. The molecule has 1 aromatic carbocycles. The van der Waals surface area contributed by atoms with E-state index in [1.54, 1.807) is 24.3 Å². The molecule has 0 heterocycles. The van der Waals surface area contributed by atoms with E-state index in [-0.39, 0.29) is 6.42 Å². The average molecular weight is 189 g/mol. The monoisotopic (exact) mass is 189 g/mol. The normalized spacial score (nSPS) is 8.86. The molecule has 0 aliphatic carbocycles. The van der Waals surface area contributed by atoms with E-state index in [0.29, 0.717) is 12.0 Å².